The van der Waals surface area contributed by atoms with Gasteiger partial charge in [0.15, 0.2) is 11.4 Å². The topological polar surface area (TPSA) is 111 Å². The van der Waals surface area contributed by atoms with Crippen LogP contribution in [0.2, 0.25) is 0 Å². The molecule has 2 N–H and O–H groups in total. The van der Waals surface area contributed by atoms with Gasteiger partial charge >= 0.3 is 0 Å². The van der Waals surface area contributed by atoms with Gasteiger partial charge in [0.05, 0.1) is 29.6 Å². The summed E-state index contributed by atoms with van der Waals surface area (Å²) in [4.78, 5) is 47.0. The molecular formula is C43H37N3O6. The Morgan fingerprint density at radius 1 is 0.827 bits per heavy atom. The predicted octanol–water partition coefficient (Wildman–Crippen LogP) is 7.16. The zero-order valence-electron chi connectivity index (χ0n) is 28.6. The molecule has 0 aliphatic carbocycles. The summed E-state index contributed by atoms with van der Waals surface area (Å²) in [6.07, 6.45) is 3.98. The number of anilines is 4. The smallest absolute Gasteiger partial charge is 0.268 e. The van der Waals surface area contributed by atoms with Crippen molar-refractivity contribution in [1.82, 2.24) is 4.90 Å². The average Bonchev–Trinajstić information content (AvgIpc) is 3.32. The highest BCUT2D eigenvalue weighted by atomic mass is 16.5. The number of hydrogen-bond donors (Lipinski definition) is 2. The fourth-order valence-electron chi connectivity index (χ4n) is 7.57. The Bertz CT molecular complexity index is 2240. The minimum atomic E-state index is -2.04. The Morgan fingerprint density at radius 3 is 2.31 bits per heavy atom. The van der Waals surface area contributed by atoms with Crippen LogP contribution in [0, 0.1) is 5.92 Å². The molecule has 3 atom stereocenters. The van der Waals surface area contributed by atoms with Crippen molar-refractivity contribution in [2.75, 3.05) is 16.4 Å². The van der Waals surface area contributed by atoms with E-state index in [9.17, 15) is 24.6 Å². The van der Waals surface area contributed by atoms with E-state index in [2.05, 4.69) is 0 Å². The Hall–Kier alpha value is -6.03. The van der Waals surface area contributed by atoms with Crippen LogP contribution in [0.15, 0.2) is 133 Å². The van der Waals surface area contributed by atoms with Gasteiger partial charge in [-0.25, -0.2) is 0 Å². The van der Waals surface area contributed by atoms with Gasteiger partial charge in [0.1, 0.15) is 5.75 Å². The van der Waals surface area contributed by atoms with Crippen molar-refractivity contribution in [3.05, 3.63) is 156 Å². The number of para-hydroxylation sites is 4. The number of amides is 3. The summed E-state index contributed by atoms with van der Waals surface area (Å²) in [5.74, 6) is -0.878. The molecule has 0 bridgehead atoms. The van der Waals surface area contributed by atoms with Gasteiger partial charge in [-0.3, -0.25) is 24.2 Å². The van der Waals surface area contributed by atoms with Crippen LogP contribution in [0.3, 0.4) is 0 Å². The number of fused-ring (bicyclic) bond motifs is 4. The second-order valence-corrected chi connectivity index (χ2v) is 13.4. The lowest BCUT2D eigenvalue weighted by molar-refractivity contribution is -0.138. The van der Waals surface area contributed by atoms with Gasteiger partial charge in [-0.15, -0.1) is 0 Å². The van der Waals surface area contributed by atoms with Gasteiger partial charge in [0.2, 0.25) is 5.91 Å². The molecule has 0 fully saturated rings. The summed E-state index contributed by atoms with van der Waals surface area (Å²) >= 11 is 0. The number of aliphatic hydroxyl groups excluding tert-OH is 1. The van der Waals surface area contributed by atoms with Crippen LogP contribution in [-0.2, 0) is 28.2 Å². The van der Waals surface area contributed by atoms with Crippen molar-refractivity contribution in [1.29, 1.82) is 0 Å². The monoisotopic (exact) mass is 691 g/mol. The largest absolute Gasteiger partial charge is 0.454 e. The van der Waals surface area contributed by atoms with Crippen molar-refractivity contribution in [3.8, 4) is 11.5 Å². The summed E-state index contributed by atoms with van der Waals surface area (Å²) in [6, 6.07) is 36.2. The van der Waals surface area contributed by atoms with E-state index in [0.717, 1.165) is 11.1 Å². The van der Waals surface area contributed by atoms with E-state index in [-0.39, 0.29) is 30.9 Å². The normalized spacial score (nSPS) is 19.8. The Balaban J connectivity index is 1.15. The average molecular weight is 692 g/mol. The van der Waals surface area contributed by atoms with E-state index in [1.165, 1.54) is 4.90 Å². The van der Waals surface area contributed by atoms with Crippen LogP contribution in [0.25, 0.3) is 0 Å². The molecule has 3 aliphatic heterocycles. The molecule has 260 valence electrons. The summed E-state index contributed by atoms with van der Waals surface area (Å²) in [5.41, 5.74) is 2.89. The molecule has 0 saturated heterocycles. The molecule has 52 heavy (non-hydrogen) atoms. The number of nitrogens with zero attached hydrogens (tertiary/aromatic N) is 3. The third-order valence-corrected chi connectivity index (χ3v) is 10.3. The minimum absolute atomic E-state index is 0.0288. The Labute approximate surface area is 301 Å². The van der Waals surface area contributed by atoms with Gasteiger partial charge in [0, 0.05) is 35.8 Å². The van der Waals surface area contributed by atoms with Gasteiger partial charge < -0.3 is 19.8 Å². The molecule has 0 saturated carbocycles. The zero-order chi connectivity index (χ0) is 36.0. The minimum Gasteiger partial charge on any atom is -0.454 e. The first-order valence-corrected chi connectivity index (χ1v) is 17.4. The molecular weight excluding hydrogens is 654 g/mol. The zero-order valence-corrected chi connectivity index (χ0v) is 28.6. The molecule has 0 unspecified atom stereocenters. The highest BCUT2D eigenvalue weighted by Gasteiger charge is 2.53. The van der Waals surface area contributed by atoms with E-state index in [1.807, 2.05) is 60.7 Å². The number of rotatable bonds is 7. The van der Waals surface area contributed by atoms with Gasteiger partial charge in [0.25, 0.3) is 11.8 Å². The van der Waals surface area contributed by atoms with E-state index in [4.69, 9.17) is 4.74 Å². The molecule has 0 spiro atoms. The van der Waals surface area contributed by atoms with Crippen LogP contribution in [0.4, 0.5) is 22.7 Å². The van der Waals surface area contributed by atoms with E-state index < -0.39 is 17.4 Å². The lowest BCUT2D eigenvalue weighted by atomic mass is 9.82. The van der Waals surface area contributed by atoms with Crippen molar-refractivity contribution in [2.45, 2.75) is 38.0 Å². The molecule has 5 aromatic carbocycles. The number of aliphatic hydroxyl groups is 2. The third-order valence-electron chi connectivity index (χ3n) is 10.3. The lowest BCUT2D eigenvalue weighted by Crippen LogP contribution is -2.46. The molecule has 3 heterocycles. The molecule has 0 radical (unpaired) electrons. The number of carbonyl (C=O) groups excluding carboxylic acids is 3. The van der Waals surface area contributed by atoms with E-state index >= 15 is 0 Å². The summed E-state index contributed by atoms with van der Waals surface area (Å²) in [5, 5.41) is 22.7. The second kappa shape index (κ2) is 13.3. The van der Waals surface area contributed by atoms with Gasteiger partial charge in [-0.2, -0.15) is 0 Å². The fraction of sp³-hybridized carbons (Fsp3) is 0.186. The molecule has 0 aromatic heterocycles. The number of hydrogen-bond acceptors (Lipinski definition) is 6. The van der Waals surface area contributed by atoms with Crippen LogP contribution in [0.1, 0.15) is 40.4 Å². The van der Waals surface area contributed by atoms with Crippen LogP contribution >= 0.6 is 0 Å². The molecule has 3 aliphatic rings. The van der Waals surface area contributed by atoms with Crippen molar-refractivity contribution in [2.24, 2.45) is 5.92 Å². The second-order valence-electron chi connectivity index (χ2n) is 13.4. The molecule has 8 rings (SSSR count). The van der Waals surface area contributed by atoms with Crippen LogP contribution < -0.4 is 14.5 Å². The lowest BCUT2D eigenvalue weighted by Gasteiger charge is -2.36. The van der Waals surface area contributed by atoms with Gasteiger partial charge in [-0.1, -0.05) is 85.8 Å². The predicted molar refractivity (Wildman–Crippen MR) is 198 cm³/mol. The first-order valence-electron chi connectivity index (χ1n) is 17.4. The molecule has 9 heteroatoms. The highest BCUT2D eigenvalue weighted by Crippen LogP contribution is 2.51. The van der Waals surface area contributed by atoms with Crippen LogP contribution in [-0.4, -0.2) is 45.5 Å². The van der Waals surface area contributed by atoms with E-state index in [1.54, 1.807) is 89.5 Å². The fourth-order valence-corrected chi connectivity index (χ4v) is 7.57. The molecule has 3 amide bonds. The quantitative estimate of drug-likeness (QED) is 0.175. The number of ether oxygens (including phenoxy) is 1. The van der Waals surface area contributed by atoms with Crippen molar-refractivity contribution < 1.29 is 29.3 Å². The summed E-state index contributed by atoms with van der Waals surface area (Å²) in [6.45, 7) is 2.00. The Morgan fingerprint density at radius 2 is 1.52 bits per heavy atom. The third kappa shape index (κ3) is 5.46. The number of benzene rings is 5. The summed E-state index contributed by atoms with van der Waals surface area (Å²) in [7, 11) is 0. The first kappa shape index (κ1) is 33.1. The number of carbonyl (C=O) groups is 3. The first-order chi connectivity index (χ1) is 25.3. The highest BCUT2D eigenvalue weighted by molar-refractivity contribution is 6.16. The maximum Gasteiger partial charge on any atom is 0.268 e. The SMILES string of the molecule is C[C@H](/C=C/CC(=O)N1Cc2ccccc2C[C@H]1CO)[C@@]1(O)C(=O)N(c2ccccc2)c2ccc(N3C(=O)c4ccccc4Oc4ccccc43)cc21. The van der Waals surface area contributed by atoms with E-state index in [0.29, 0.717) is 58.3 Å². The Kier molecular flexibility index (Phi) is 8.45. The standard InChI is InChI=1S/C43H37N3O6/c1-28(12-11-21-40(48)44-26-30-14-6-5-13-29(30)24-33(44)27-47)43(51)35-25-32(22-23-36(35)46(42(43)50)31-15-3-2-4-16-31)45-37-18-8-10-20-39(37)52-38-19-9-7-17-34(38)41(45)49/h2-20,22-23,25,28,33,47,51H,21,24,26-27H2,1H3/b12-11+/t28-,33+,43+/m1/s1. The van der Waals surface area contributed by atoms with Crippen molar-refractivity contribution >= 4 is 40.5 Å². The molecule has 9 nitrogen and oxygen atoms in total. The summed E-state index contributed by atoms with van der Waals surface area (Å²) < 4.78 is 6.20. The maximum atomic E-state index is 14.5. The van der Waals surface area contributed by atoms with Gasteiger partial charge in [-0.05, 0) is 72.1 Å². The van der Waals surface area contributed by atoms with Crippen molar-refractivity contribution in [3.63, 3.8) is 0 Å². The molecule has 5 aromatic rings. The van der Waals surface area contributed by atoms with Crippen LogP contribution in [0.5, 0.6) is 11.5 Å². The maximum absolute atomic E-state index is 14.5.